The van der Waals surface area contributed by atoms with Gasteiger partial charge in [0.1, 0.15) is 10.8 Å². The molecule has 2 aromatic carbocycles. The highest BCUT2D eigenvalue weighted by Gasteiger charge is 2.43. The van der Waals surface area contributed by atoms with Crippen molar-refractivity contribution in [1.29, 1.82) is 0 Å². The number of likely N-dealkylation sites (tertiary alicyclic amines) is 1. The normalized spacial score (nSPS) is 19.0. The summed E-state index contributed by atoms with van der Waals surface area (Å²) in [5.74, 6) is 0.978. The first-order valence-electron chi connectivity index (χ1n) is 14.0. The van der Waals surface area contributed by atoms with Gasteiger partial charge in [-0.05, 0) is 61.6 Å². The molecule has 0 radical (unpaired) electrons. The van der Waals surface area contributed by atoms with E-state index in [0.29, 0.717) is 5.41 Å². The van der Waals surface area contributed by atoms with Crippen molar-refractivity contribution in [3.63, 3.8) is 0 Å². The number of nitrogens with zero attached hydrogens (tertiary/aromatic N) is 3. The van der Waals surface area contributed by atoms with Gasteiger partial charge in [-0.1, -0.05) is 30.3 Å². The lowest BCUT2D eigenvalue weighted by Crippen LogP contribution is -2.44. The molecular weight excluding hydrogens is 494 g/mol. The minimum Gasteiger partial charge on any atom is -0.493 e. The van der Waals surface area contributed by atoms with Crippen molar-refractivity contribution in [1.82, 2.24) is 14.8 Å². The maximum Gasteiger partial charge on any atom is 0.124 e. The molecule has 2 saturated heterocycles. The number of aliphatic hydroxyl groups excluding tert-OH is 1. The number of β-amino-alcohol motifs (C(OH)–C–C–N with tert-alkyl or cyclic N) is 1. The summed E-state index contributed by atoms with van der Waals surface area (Å²) in [4.78, 5) is 11.3. The van der Waals surface area contributed by atoms with Gasteiger partial charge in [0.05, 0.1) is 32.1 Å². The zero-order chi connectivity index (χ0) is 26.1. The average Bonchev–Trinajstić information content (AvgIpc) is 3.53. The molecule has 1 spiro atoms. The summed E-state index contributed by atoms with van der Waals surface area (Å²) in [6.07, 6.45) is 3.27. The molecule has 6 nitrogen and oxygen atoms in total. The van der Waals surface area contributed by atoms with Crippen LogP contribution in [0.25, 0.3) is 21.7 Å². The third-order valence-corrected chi connectivity index (χ3v) is 9.69. The van der Waals surface area contributed by atoms with Crippen molar-refractivity contribution in [2.45, 2.75) is 39.7 Å². The zero-order valence-electron chi connectivity index (χ0n) is 22.7. The van der Waals surface area contributed by atoms with Crippen molar-refractivity contribution in [3.8, 4) is 27.4 Å². The molecule has 3 aliphatic heterocycles. The number of thiazole rings is 1. The molecule has 0 bridgehead atoms. The fourth-order valence-corrected chi connectivity index (χ4v) is 7.47. The molecule has 1 N–H and O–H groups in total. The second-order valence-electron chi connectivity index (χ2n) is 11.3. The van der Waals surface area contributed by atoms with Crippen molar-refractivity contribution in [2.75, 3.05) is 59.2 Å². The molecule has 3 aromatic rings. The number of benzene rings is 2. The number of aliphatic hydroxyl groups is 1. The minimum atomic E-state index is 0.208. The van der Waals surface area contributed by atoms with Crippen LogP contribution in [-0.4, -0.2) is 79.0 Å². The van der Waals surface area contributed by atoms with Crippen LogP contribution in [0.15, 0.2) is 36.4 Å². The number of fused-ring (bicyclic) bond motifs is 1. The van der Waals surface area contributed by atoms with Crippen molar-refractivity contribution in [2.24, 2.45) is 5.41 Å². The van der Waals surface area contributed by atoms with Gasteiger partial charge in [0, 0.05) is 55.0 Å². The number of ether oxygens (including phenoxy) is 2. The molecular formula is C31H39N3O3S. The Morgan fingerprint density at radius 1 is 1.00 bits per heavy atom. The predicted octanol–water partition coefficient (Wildman–Crippen LogP) is 4.94. The topological polar surface area (TPSA) is 58.1 Å². The highest BCUT2D eigenvalue weighted by atomic mass is 32.1. The number of hydrogen-bond donors (Lipinski definition) is 1. The van der Waals surface area contributed by atoms with Crippen molar-refractivity contribution in [3.05, 3.63) is 58.1 Å². The molecule has 3 aliphatic rings. The first kappa shape index (κ1) is 26.0. The monoisotopic (exact) mass is 533 g/mol. The van der Waals surface area contributed by atoms with E-state index < -0.39 is 0 Å². The van der Waals surface area contributed by atoms with E-state index in [0.717, 1.165) is 69.6 Å². The average molecular weight is 534 g/mol. The Kier molecular flexibility index (Phi) is 7.56. The SMILES string of the molecule is Cc1c(OCCCN2CCC3(COC3)C2)cccc1-c1cccc(-c2nc3c(s2)CN(CCO)CC3)c1C. The van der Waals surface area contributed by atoms with Crippen LogP contribution in [-0.2, 0) is 17.7 Å². The van der Waals surface area contributed by atoms with Crippen molar-refractivity contribution < 1.29 is 14.6 Å². The summed E-state index contributed by atoms with van der Waals surface area (Å²) in [6.45, 7) is 13.3. The van der Waals surface area contributed by atoms with E-state index in [4.69, 9.17) is 14.5 Å². The number of rotatable bonds is 9. The predicted molar refractivity (Wildman–Crippen MR) is 153 cm³/mol. The molecule has 6 rings (SSSR count). The second kappa shape index (κ2) is 11.1. The summed E-state index contributed by atoms with van der Waals surface area (Å²) in [7, 11) is 0. The number of aromatic nitrogens is 1. The highest BCUT2D eigenvalue weighted by molar-refractivity contribution is 7.15. The Morgan fingerprint density at radius 2 is 1.79 bits per heavy atom. The molecule has 202 valence electrons. The smallest absolute Gasteiger partial charge is 0.124 e. The van der Waals surface area contributed by atoms with Gasteiger partial charge >= 0.3 is 0 Å². The van der Waals surface area contributed by atoms with Crippen LogP contribution in [0.2, 0.25) is 0 Å². The summed E-state index contributed by atoms with van der Waals surface area (Å²) in [5, 5.41) is 10.4. The van der Waals surface area contributed by atoms with E-state index in [1.54, 1.807) is 11.3 Å². The van der Waals surface area contributed by atoms with E-state index in [1.165, 1.54) is 57.9 Å². The molecule has 38 heavy (non-hydrogen) atoms. The molecule has 0 amide bonds. The molecule has 0 aliphatic carbocycles. The second-order valence-corrected chi connectivity index (χ2v) is 12.4. The number of hydrogen-bond acceptors (Lipinski definition) is 7. The fourth-order valence-electron chi connectivity index (χ4n) is 6.23. The van der Waals surface area contributed by atoms with Gasteiger partial charge in [-0.2, -0.15) is 0 Å². The summed E-state index contributed by atoms with van der Waals surface area (Å²) in [6, 6.07) is 13.0. The van der Waals surface area contributed by atoms with Gasteiger partial charge in [0.15, 0.2) is 0 Å². The van der Waals surface area contributed by atoms with E-state index in [2.05, 4.69) is 60.0 Å². The molecule has 2 fully saturated rings. The largest absolute Gasteiger partial charge is 0.493 e. The van der Waals surface area contributed by atoms with E-state index in [9.17, 15) is 5.11 Å². The van der Waals surface area contributed by atoms with E-state index in [1.807, 2.05) is 0 Å². The minimum absolute atomic E-state index is 0.208. The van der Waals surface area contributed by atoms with Crippen LogP contribution in [0.3, 0.4) is 0 Å². The third kappa shape index (κ3) is 5.15. The maximum absolute atomic E-state index is 9.33. The Hall–Kier alpha value is -2.29. The molecule has 7 heteroatoms. The van der Waals surface area contributed by atoms with Crippen LogP contribution < -0.4 is 4.74 Å². The quantitative estimate of drug-likeness (QED) is 0.394. The molecule has 1 aromatic heterocycles. The maximum atomic E-state index is 9.33. The Morgan fingerprint density at radius 3 is 2.55 bits per heavy atom. The van der Waals surface area contributed by atoms with Crippen LogP contribution in [0, 0.1) is 19.3 Å². The van der Waals surface area contributed by atoms with Crippen LogP contribution in [0.4, 0.5) is 0 Å². The van der Waals surface area contributed by atoms with E-state index >= 15 is 0 Å². The van der Waals surface area contributed by atoms with Gasteiger partial charge < -0.3 is 19.5 Å². The highest BCUT2D eigenvalue weighted by Crippen LogP contribution is 2.39. The van der Waals surface area contributed by atoms with E-state index in [-0.39, 0.29) is 6.61 Å². The summed E-state index contributed by atoms with van der Waals surface area (Å²) >= 11 is 1.80. The van der Waals surface area contributed by atoms with Gasteiger partial charge in [0.25, 0.3) is 0 Å². The van der Waals surface area contributed by atoms with Gasteiger partial charge in [-0.25, -0.2) is 4.98 Å². The molecule has 4 heterocycles. The summed E-state index contributed by atoms with van der Waals surface area (Å²) in [5.41, 5.74) is 7.80. The summed E-state index contributed by atoms with van der Waals surface area (Å²) < 4.78 is 11.8. The Bertz CT molecular complexity index is 1290. The Balaban J connectivity index is 1.14. The fraction of sp³-hybridized carbons (Fsp3) is 0.516. The van der Waals surface area contributed by atoms with Crippen LogP contribution in [0.5, 0.6) is 5.75 Å². The van der Waals surface area contributed by atoms with Gasteiger partial charge in [-0.15, -0.1) is 11.3 Å². The van der Waals surface area contributed by atoms with Crippen molar-refractivity contribution >= 4 is 11.3 Å². The Labute approximate surface area is 230 Å². The lowest BCUT2D eigenvalue weighted by molar-refractivity contribution is -0.105. The molecule has 0 saturated carbocycles. The zero-order valence-corrected chi connectivity index (χ0v) is 23.5. The lowest BCUT2D eigenvalue weighted by Gasteiger charge is -2.37. The van der Waals surface area contributed by atoms with Crippen LogP contribution in [0.1, 0.15) is 34.5 Å². The van der Waals surface area contributed by atoms with Gasteiger partial charge in [0.2, 0.25) is 0 Å². The first-order valence-corrected chi connectivity index (χ1v) is 14.8. The van der Waals surface area contributed by atoms with Gasteiger partial charge in [-0.3, -0.25) is 4.90 Å². The molecule has 0 unspecified atom stereocenters. The third-order valence-electron chi connectivity index (χ3n) is 8.58. The molecule has 0 atom stereocenters. The van der Waals surface area contributed by atoms with Crippen LogP contribution >= 0.6 is 11.3 Å². The lowest BCUT2D eigenvalue weighted by atomic mass is 9.85. The first-order chi connectivity index (χ1) is 18.5. The standard InChI is InChI=1S/C31H39N3O3S/c1-22-24(6-3-8-26(22)30-32-27-10-13-33(15-16-35)18-29(27)38-30)25-7-4-9-28(23(25)2)37-17-5-12-34-14-11-31(19-34)20-36-21-31/h3-4,6-9,35H,5,10-21H2,1-2H3.